The van der Waals surface area contributed by atoms with E-state index in [9.17, 15) is 4.79 Å². The molecule has 39 heavy (non-hydrogen) atoms. The van der Waals surface area contributed by atoms with E-state index < -0.39 is 0 Å². The minimum Gasteiger partial charge on any atom is -0.343 e. The molecule has 3 rings (SSSR count). The number of rotatable bonds is 17. The van der Waals surface area contributed by atoms with Gasteiger partial charge in [0, 0.05) is 30.3 Å². The van der Waals surface area contributed by atoms with Crippen LogP contribution in [0.4, 0.5) is 17.1 Å². The van der Waals surface area contributed by atoms with Gasteiger partial charge >= 0.3 is 0 Å². The first-order valence-electron chi connectivity index (χ1n) is 15.0. The Kier molecular flexibility index (Phi) is 13.9. The summed E-state index contributed by atoms with van der Waals surface area (Å²) < 4.78 is 0. The van der Waals surface area contributed by atoms with Crippen LogP contribution in [0.5, 0.6) is 0 Å². The Morgan fingerprint density at radius 3 is 1.82 bits per heavy atom. The van der Waals surface area contributed by atoms with Gasteiger partial charge in [-0.2, -0.15) is 0 Å². The van der Waals surface area contributed by atoms with Crippen LogP contribution in [0.15, 0.2) is 96.0 Å². The van der Waals surface area contributed by atoms with Gasteiger partial charge < -0.3 is 10.2 Å². The molecule has 3 aromatic carbocycles. The number of hydrogen-bond acceptors (Lipinski definition) is 2. The quantitative estimate of drug-likeness (QED) is 0.108. The van der Waals surface area contributed by atoms with Crippen LogP contribution in [0.1, 0.15) is 84.5 Å². The summed E-state index contributed by atoms with van der Waals surface area (Å²) in [5.74, 6) is 1.04. The van der Waals surface area contributed by atoms with Crippen molar-refractivity contribution in [1.82, 2.24) is 0 Å². The highest BCUT2D eigenvalue weighted by Crippen LogP contribution is 2.21. The number of amidine groups is 1. The lowest BCUT2D eigenvalue weighted by molar-refractivity contribution is -0.118. The van der Waals surface area contributed by atoms with Crippen molar-refractivity contribution >= 4 is 28.8 Å². The SMILES string of the molecule is CCCCCCCCCCCCC(=O)N(C[C@@H](C)C(=Nc1ccccc1)Nc1ccccc1)c1ccccc1. The summed E-state index contributed by atoms with van der Waals surface area (Å²) in [5, 5.41) is 3.52. The Hall–Kier alpha value is -3.40. The predicted octanol–water partition coefficient (Wildman–Crippen LogP) is 9.81. The summed E-state index contributed by atoms with van der Waals surface area (Å²) in [6.07, 6.45) is 13.2. The molecule has 0 aromatic heterocycles. The zero-order chi connectivity index (χ0) is 27.5. The third-order valence-electron chi connectivity index (χ3n) is 7.09. The van der Waals surface area contributed by atoms with Crippen LogP contribution in [0.25, 0.3) is 0 Å². The number of hydrogen-bond donors (Lipinski definition) is 1. The number of nitrogens with one attached hydrogen (secondary N) is 1. The molecule has 1 amide bonds. The number of aliphatic imine (C=N–C) groups is 1. The van der Waals surface area contributed by atoms with Gasteiger partial charge in [0.2, 0.25) is 5.91 Å². The maximum Gasteiger partial charge on any atom is 0.226 e. The number of amides is 1. The van der Waals surface area contributed by atoms with Crippen LogP contribution in [0.2, 0.25) is 0 Å². The number of nitrogens with zero attached hydrogens (tertiary/aromatic N) is 2. The van der Waals surface area contributed by atoms with Crippen molar-refractivity contribution in [2.24, 2.45) is 10.9 Å². The van der Waals surface area contributed by atoms with Gasteiger partial charge in [-0.15, -0.1) is 0 Å². The summed E-state index contributed by atoms with van der Waals surface area (Å²) >= 11 is 0. The molecule has 4 heteroatoms. The summed E-state index contributed by atoms with van der Waals surface area (Å²) in [7, 11) is 0. The highest BCUT2D eigenvalue weighted by molar-refractivity contribution is 6.00. The van der Waals surface area contributed by atoms with Crippen molar-refractivity contribution in [3.05, 3.63) is 91.0 Å². The van der Waals surface area contributed by atoms with Crippen molar-refractivity contribution in [2.75, 3.05) is 16.8 Å². The second-order valence-electron chi connectivity index (χ2n) is 10.5. The number of benzene rings is 3. The molecule has 0 spiro atoms. The first-order chi connectivity index (χ1) is 19.2. The molecule has 0 heterocycles. The van der Waals surface area contributed by atoms with Crippen molar-refractivity contribution in [3.8, 4) is 0 Å². The molecule has 3 aromatic rings. The van der Waals surface area contributed by atoms with Crippen LogP contribution >= 0.6 is 0 Å². The number of anilines is 2. The predicted molar refractivity (Wildman–Crippen MR) is 168 cm³/mol. The van der Waals surface area contributed by atoms with E-state index >= 15 is 0 Å². The van der Waals surface area contributed by atoms with Crippen molar-refractivity contribution < 1.29 is 4.79 Å². The van der Waals surface area contributed by atoms with E-state index in [0.29, 0.717) is 13.0 Å². The third kappa shape index (κ3) is 11.5. The lowest BCUT2D eigenvalue weighted by Crippen LogP contribution is -2.38. The molecular weight excluding hydrogens is 478 g/mol. The Morgan fingerprint density at radius 2 is 1.23 bits per heavy atom. The van der Waals surface area contributed by atoms with E-state index in [-0.39, 0.29) is 11.8 Å². The zero-order valence-electron chi connectivity index (χ0n) is 24.0. The first kappa shape index (κ1) is 30.1. The van der Waals surface area contributed by atoms with Crippen molar-refractivity contribution in [2.45, 2.75) is 84.5 Å². The molecule has 0 aliphatic heterocycles. The molecule has 0 unspecified atom stereocenters. The molecule has 0 bridgehead atoms. The van der Waals surface area contributed by atoms with Gasteiger partial charge in [-0.1, -0.05) is 126 Å². The van der Waals surface area contributed by atoms with Gasteiger partial charge in [-0.3, -0.25) is 4.79 Å². The lowest BCUT2D eigenvalue weighted by atomic mass is 10.0. The highest BCUT2D eigenvalue weighted by atomic mass is 16.2. The fourth-order valence-electron chi connectivity index (χ4n) is 4.79. The van der Waals surface area contributed by atoms with Crippen LogP contribution < -0.4 is 10.2 Å². The highest BCUT2D eigenvalue weighted by Gasteiger charge is 2.21. The Bertz CT molecular complexity index is 1080. The van der Waals surface area contributed by atoms with Crippen LogP contribution in [-0.4, -0.2) is 18.3 Å². The van der Waals surface area contributed by atoms with Gasteiger partial charge in [0.1, 0.15) is 5.84 Å². The molecule has 208 valence electrons. The summed E-state index contributed by atoms with van der Waals surface area (Å²) in [5.41, 5.74) is 2.83. The normalized spacial score (nSPS) is 12.2. The monoisotopic (exact) mass is 525 g/mol. The van der Waals surface area contributed by atoms with Crippen molar-refractivity contribution in [3.63, 3.8) is 0 Å². The Morgan fingerprint density at radius 1 is 0.718 bits per heavy atom. The molecule has 0 fully saturated rings. The fraction of sp³-hybridized carbons (Fsp3) is 0.429. The Balaban J connectivity index is 1.61. The van der Waals surface area contributed by atoms with Gasteiger partial charge in [0.15, 0.2) is 0 Å². The summed E-state index contributed by atoms with van der Waals surface area (Å²) in [6, 6.07) is 30.2. The number of para-hydroxylation sites is 3. The van der Waals surface area contributed by atoms with Crippen molar-refractivity contribution in [1.29, 1.82) is 0 Å². The van der Waals surface area contributed by atoms with E-state index in [4.69, 9.17) is 4.99 Å². The molecule has 0 radical (unpaired) electrons. The smallest absolute Gasteiger partial charge is 0.226 e. The largest absolute Gasteiger partial charge is 0.343 e. The van der Waals surface area contributed by atoms with Gasteiger partial charge in [0.05, 0.1) is 5.69 Å². The number of carbonyl (C=O) groups excluding carboxylic acids is 1. The summed E-state index contributed by atoms with van der Waals surface area (Å²) in [6.45, 7) is 4.97. The molecule has 0 aliphatic rings. The van der Waals surface area contributed by atoms with E-state index in [1.165, 1.54) is 51.4 Å². The third-order valence-corrected chi connectivity index (χ3v) is 7.09. The van der Waals surface area contributed by atoms with E-state index in [2.05, 4.69) is 19.2 Å². The average molecular weight is 526 g/mol. The maximum atomic E-state index is 13.5. The topological polar surface area (TPSA) is 44.7 Å². The van der Waals surface area contributed by atoms with Crippen LogP contribution in [0, 0.1) is 5.92 Å². The second-order valence-corrected chi connectivity index (χ2v) is 10.5. The summed E-state index contributed by atoms with van der Waals surface area (Å²) in [4.78, 5) is 20.4. The van der Waals surface area contributed by atoms with E-state index in [1.54, 1.807) is 0 Å². The van der Waals surface area contributed by atoms with Gasteiger partial charge in [0.25, 0.3) is 0 Å². The lowest BCUT2D eigenvalue weighted by Gasteiger charge is -2.27. The molecule has 1 atom stereocenters. The number of unbranched alkanes of at least 4 members (excludes halogenated alkanes) is 9. The van der Waals surface area contributed by atoms with E-state index in [1.807, 2.05) is 95.9 Å². The molecule has 0 saturated heterocycles. The van der Waals surface area contributed by atoms with Gasteiger partial charge in [-0.05, 0) is 42.8 Å². The minimum absolute atomic E-state index is 0.00211. The molecule has 1 N–H and O–H groups in total. The first-order valence-corrected chi connectivity index (χ1v) is 15.0. The number of carbonyl (C=O) groups is 1. The zero-order valence-corrected chi connectivity index (χ0v) is 24.0. The minimum atomic E-state index is 0.00211. The average Bonchev–Trinajstić information content (AvgIpc) is 2.98. The maximum absolute atomic E-state index is 13.5. The van der Waals surface area contributed by atoms with Crippen LogP contribution in [-0.2, 0) is 4.79 Å². The van der Waals surface area contributed by atoms with E-state index in [0.717, 1.165) is 35.7 Å². The molecular formula is C35H47N3O. The molecule has 4 nitrogen and oxygen atoms in total. The fourth-order valence-corrected chi connectivity index (χ4v) is 4.79. The van der Waals surface area contributed by atoms with Gasteiger partial charge in [-0.25, -0.2) is 4.99 Å². The van der Waals surface area contributed by atoms with Crippen LogP contribution in [0.3, 0.4) is 0 Å². The molecule has 0 saturated carbocycles. The Labute approximate surface area is 236 Å². The second kappa shape index (κ2) is 18.0. The standard InChI is InChI=1S/C35H47N3O/c1-3-4-5-6-7-8-9-10-11-21-28-34(39)38(33-26-19-14-20-27-33)29-30(2)35(36-31-22-15-12-16-23-31)37-32-24-17-13-18-25-32/h12-20,22-27,30H,3-11,21,28-29H2,1-2H3,(H,36,37)/t30-/m1/s1. The molecule has 0 aliphatic carbocycles.